The summed E-state index contributed by atoms with van der Waals surface area (Å²) in [5.41, 5.74) is 4.72. The molecule has 2 heterocycles. The normalized spacial score (nSPS) is 19.5. The SMILES string of the molecule is Cc1ccc(C2c3cc(OCc4ccc(C(=O)NC5CC5)o4)ccc3CCN2C(=O)C2CCCC2)cc1. The van der Waals surface area contributed by atoms with Crippen LogP contribution in [0.1, 0.15) is 83.1 Å². The van der Waals surface area contributed by atoms with Crippen molar-refractivity contribution < 1.29 is 18.7 Å². The molecular weight excluding hydrogens is 464 g/mol. The second-order valence-electron chi connectivity index (χ2n) is 10.7. The summed E-state index contributed by atoms with van der Waals surface area (Å²) in [4.78, 5) is 28.0. The van der Waals surface area contributed by atoms with Crippen LogP contribution in [0.15, 0.2) is 59.0 Å². The summed E-state index contributed by atoms with van der Waals surface area (Å²) in [6.07, 6.45) is 7.19. The average molecular weight is 499 g/mol. The smallest absolute Gasteiger partial charge is 0.287 e. The first-order valence-electron chi connectivity index (χ1n) is 13.6. The van der Waals surface area contributed by atoms with E-state index in [4.69, 9.17) is 9.15 Å². The van der Waals surface area contributed by atoms with E-state index in [1.54, 1.807) is 12.1 Å². The molecule has 1 unspecified atom stereocenters. The van der Waals surface area contributed by atoms with E-state index >= 15 is 0 Å². The van der Waals surface area contributed by atoms with Gasteiger partial charge in [0.1, 0.15) is 18.1 Å². The Morgan fingerprint density at radius 3 is 2.54 bits per heavy atom. The number of furan rings is 1. The van der Waals surface area contributed by atoms with Gasteiger partial charge in [0.05, 0.1) is 6.04 Å². The Hall–Kier alpha value is -3.54. The molecule has 6 heteroatoms. The predicted molar refractivity (Wildman–Crippen MR) is 140 cm³/mol. The highest BCUT2D eigenvalue weighted by molar-refractivity contribution is 5.91. The number of fused-ring (bicyclic) bond motifs is 1. The Kier molecular flexibility index (Phi) is 6.49. The molecule has 1 aliphatic heterocycles. The second kappa shape index (κ2) is 10.1. The van der Waals surface area contributed by atoms with Crippen molar-refractivity contribution in [3.8, 4) is 5.75 Å². The van der Waals surface area contributed by atoms with Crippen molar-refractivity contribution in [1.82, 2.24) is 10.2 Å². The van der Waals surface area contributed by atoms with Gasteiger partial charge in [0.15, 0.2) is 5.76 Å². The van der Waals surface area contributed by atoms with Crippen molar-refractivity contribution in [3.63, 3.8) is 0 Å². The fraction of sp³-hybridized carbons (Fsp3) is 0.419. The van der Waals surface area contributed by atoms with E-state index in [1.165, 1.54) is 11.1 Å². The molecule has 3 aliphatic rings. The molecular formula is C31H34N2O4. The number of nitrogens with one attached hydrogen (secondary N) is 1. The Bertz CT molecular complexity index is 1280. The first-order chi connectivity index (χ1) is 18.0. The third-order valence-corrected chi connectivity index (χ3v) is 7.91. The highest BCUT2D eigenvalue weighted by Crippen LogP contribution is 2.40. The van der Waals surface area contributed by atoms with Gasteiger partial charge >= 0.3 is 0 Å². The first-order valence-corrected chi connectivity index (χ1v) is 13.6. The Labute approximate surface area is 218 Å². The van der Waals surface area contributed by atoms with Crippen molar-refractivity contribution in [2.24, 2.45) is 5.92 Å². The van der Waals surface area contributed by atoms with Gasteiger partial charge in [-0.1, -0.05) is 48.7 Å². The molecule has 6 nitrogen and oxygen atoms in total. The van der Waals surface area contributed by atoms with E-state index in [2.05, 4.69) is 53.5 Å². The zero-order valence-electron chi connectivity index (χ0n) is 21.4. The van der Waals surface area contributed by atoms with Gasteiger partial charge in [0, 0.05) is 18.5 Å². The van der Waals surface area contributed by atoms with Gasteiger partial charge < -0.3 is 19.4 Å². The maximum absolute atomic E-state index is 13.6. The number of aryl methyl sites for hydroxylation is 1. The quantitative estimate of drug-likeness (QED) is 0.452. The number of ether oxygens (including phenoxy) is 1. The number of rotatable bonds is 7. The maximum atomic E-state index is 13.6. The van der Waals surface area contributed by atoms with Crippen molar-refractivity contribution >= 4 is 11.8 Å². The average Bonchev–Trinajstić information content (AvgIpc) is 3.35. The molecule has 2 aliphatic carbocycles. The van der Waals surface area contributed by atoms with E-state index in [9.17, 15) is 9.59 Å². The zero-order chi connectivity index (χ0) is 25.4. The number of carbonyl (C=O) groups is 2. The summed E-state index contributed by atoms with van der Waals surface area (Å²) >= 11 is 0. The summed E-state index contributed by atoms with van der Waals surface area (Å²) < 4.78 is 11.8. The molecule has 0 bridgehead atoms. The van der Waals surface area contributed by atoms with Crippen molar-refractivity contribution in [1.29, 1.82) is 0 Å². The lowest BCUT2D eigenvalue weighted by atomic mass is 9.86. The van der Waals surface area contributed by atoms with Crippen LogP contribution >= 0.6 is 0 Å². The molecule has 6 rings (SSSR count). The molecule has 1 N–H and O–H groups in total. The van der Waals surface area contributed by atoms with Crippen LogP contribution in [0.25, 0.3) is 0 Å². The van der Waals surface area contributed by atoms with Crippen LogP contribution in [0.3, 0.4) is 0 Å². The zero-order valence-corrected chi connectivity index (χ0v) is 21.4. The molecule has 2 fully saturated rings. The molecule has 2 amide bonds. The molecule has 1 aromatic heterocycles. The highest BCUT2D eigenvalue weighted by Gasteiger charge is 2.36. The fourth-order valence-electron chi connectivity index (χ4n) is 5.65. The molecule has 0 radical (unpaired) electrons. The highest BCUT2D eigenvalue weighted by atomic mass is 16.5. The molecule has 2 aromatic carbocycles. The van der Waals surface area contributed by atoms with Crippen LogP contribution in [-0.2, 0) is 17.8 Å². The molecule has 0 spiro atoms. The monoisotopic (exact) mass is 498 g/mol. The standard InChI is InChI=1S/C31H34N2O4/c1-20-6-8-22(9-7-20)29-27-18-25(36-19-26-14-15-28(37-26)30(34)32-24-11-12-24)13-10-21(27)16-17-33(29)31(35)23-4-2-3-5-23/h6-10,13-15,18,23-24,29H,2-5,11-12,16-17,19H2,1H3,(H,32,34). The summed E-state index contributed by atoms with van der Waals surface area (Å²) in [5, 5.41) is 2.94. The van der Waals surface area contributed by atoms with Crippen LogP contribution in [0.2, 0.25) is 0 Å². The van der Waals surface area contributed by atoms with Crippen molar-refractivity contribution in [2.75, 3.05) is 6.54 Å². The summed E-state index contributed by atoms with van der Waals surface area (Å²) in [6.45, 7) is 3.05. The minimum absolute atomic E-state index is 0.123. The largest absolute Gasteiger partial charge is 0.486 e. The second-order valence-corrected chi connectivity index (χ2v) is 10.7. The number of benzene rings is 2. The molecule has 37 heavy (non-hydrogen) atoms. The van der Waals surface area contributed by atoms with Crippen LogP contribution in [0.5, 0.6) is 5.75 Å². The van der Waals surface area contributed by atoms with Gasteiger partial charge in [0.2, 0.25) is 5.91 Å². The van der Waals surface area contributed by atoms with Gasteiger partial charge in [-0.15, -0.1) is 0 Å². The van der Waals surface area contributed by atoms with Gasteiger partial charge in [-0.3, -0.25) is 9.59 Å². The van der Waals surface area contributed by atoms with Gasteiger partial charge in [-0.25, -0.2) is 0 Å². The Morgan fingerprint density at radius 2 is 1.78 bits per heavy atom. The Balaban J connectivity index is 1.24. The fourth-order valence-corrected chi connectivity index (χ4v) is 5.65. The minimum Gasteiger partial charge on any atom is -0.486 e. The third-order valence-electron chi connectivity index (χ3n) is 7.91. The first kappa shape index (κ1) is 23.8. The molecule has 3 aromatic rings. The van der Waals surface area contributed by atoms with E-state index in [-0.39, 0.29) is 36.4 Å². The summed E-state index contributed by atoms with van der Waals surface area (Å²) in [6, 6.07) is 18.4. The molecule has 2 saturated carbocycles. The molecule has 1 atom stereocenters. The molecule has 0 saturated heterocycles. The topological polar surface area (TPSA) is 71.8 Å². The summed E-state index contributed by atoms with van der Waals surface area (Å²) in [5.74, 6) is 1.90. The number of amides is 2. The van der Waals surface area contributed by atoms with Gasteiger partial charge in [-0.2, -0.15) is 0 Å². The Morgan fingerprint density at radius 1 is 1.00 bits per heavy atom. The lowest BCUT2D eigenvalue weighted by Crippen LogP contribution is -2.43. The maximum Gasteiger partial charge on any atom is 0.287 e. The number of nitrogens with zero attached hydrogens (tertiary/aromatic N) is 1. The van der Waals surface area contributed by atoms with Crippen LogP contribution in [0.4, 0.5) is 0 Å². The van der Waals surface area contributed by atoms with Crippen LogP contribution < -0.4 is 10.1 Å². The minimum atomic E-state index is -0.171. The van der Waals surface area contributed by atoms with E-state index < -0.39 is 0 Å². The number of hydrogen-bond acceptors (Lipinski definition) is 4. The lowest BCUT2D eigenvalue weighted by molar-refractivity contribution is -0.137. The lowest BCUT2D eigenvalue weighted by Gasteiger charge is -2.39. The van der Waals surface area contributed by atoms with Crippen molar-refractivity contribution in [3.05, 3.63) is 88.4 Å². The van der Waals surface area contributed by atoms with Crippen molar-refractivity contribution in [2.45, 2.75) is 70.6 Å². The third kappa shape index (κ3) is 5.15. The van der Waals surface area contributed by atoms with Gasteiger partial charge in [0.25, 0.3) is 5.91 Å². The van der Waals surface area contributed by atoms with E-state index in [0.29, 0.717) is 11.5 Å². The molecule has 192 valence electrons. The predicted octanol–water partition coefficient (Wildman–Crippen LogP) is 5.72. The van der Waals surface area contributed by atoms with Crippen LogP contribution in [-0.4, -0.2) is 29.3 Å². The van der Waals surface area contributed by atoms with E-state index in [1.807, 2.05) is 6.07 Å². The van der Waals surface area contributed by atoms with Crippen LogP contribution in [0, 0.1) is 12.8 Å². The summed E-state index contributed by atoms with van der Waals surface area (Å²) in [7, 11) is 0. The van der Waals surface area contributed by atoms with Gasteiger partial charge in [-0.05, 0) is 80.0 Å². The number of hydrogen-bond donors (Lipinski definition) is 1. The van der Waals surface area contributed by atoms with E-state index in [0.717, 1.165) is 68.4 Å². The number of carbonyl (C=O) groups excluding carboxylic acids is 2.